The molecule has 0 saturated heterocycles. The van der Waals surface area contributed by atoms with Crippen molar-refractivity contribution in [2.75, 3.05) is 7.05 Å². The molecular weight excluding hydrogens is 276 g/mol. The van der Waals surface area contributed by atoms with Crippen LogP contribution in [-0.2, 0) is 12.8 Å². The van der Waals surface area contributed by atoms with Crippen molar-refractivity contribution < 1.29 is 0 Å². The van der Waals surface area contributed by atoms with Crippen molar-refractivity contribution in [1.29, 1.82) is 0 Å². The lowest BCUT2D eigenvalue weighted by Gasteiger charge is -2.19. The van der Waals surface area contributed by atoms with E-state index in [2.05, 4.69) is 43.4 Å². The number of aryl methyl sites for hydroxylation is 1. The Balaban J connectivity index is 1.86. The van der Waals surface area contributed by atoms with Crippen molar-refractivity contribution in [3.8, 4) is 10.6 Å². The molecule has 0 radical (unpaired) electrons. The molecule has 2 nitrogen and oxygen atoms in total. The van der Waals surface area contributed by atoms with Gasteiger partial charge in [-0.25, -0.2) is 4.98 Å². The number of nitrogens with zero attached hydrogens (tertiary/aromatic N) is 1. The molecule has 1 heterocycles. The molecule has 1 N–H and O–H groups in total. The Morgan fingerprint density at radius 1 is 1.29 bits per heavy atom. The predicted molar refractivity (Wildman–Crippen MR) is 90.8 cm³/mol. The summed E-state index contributed by atoms with van der Waals surface area (Å²) < 4.78 is 0. The van der Waals surface area contributed by atoms with Crippen molar-refractivity contribution in [1.82, 2.24) is 10.3 Å². The molecule has 0 aliphatic heterocycles. The highest BCUT2D eigenvalue weighted by Gasteiger charge is 2.23. The van der Waals surface area contributed by atoms with Crippen molar-refractivity contribution >= 4 is 11.3 Å². The molecule has 0 amide bonds. The van der Waals surface area contributed by atoms with Crippen LogP contribution in [-0.4, -0.2) is 12.0 Å². The highest BCUT2D eigenvalue weighted by molar-refractivity contribution is 7.15. The number of thiazole rings is 1. The molecule has 21 heavy (non-hydrogen) atoms. The Labute approximate surface area is 131 Å². The molecule has 0 fully saturated rings. The summed E-state index contributed by atoms with van der Waals surface area (Å²) in [7, 11) is 2.04. The second kappa shape index (κ2) is 6.29. The predicted octanol–water partition coefficient (Wildman–Crippen LogP) is 4.61. The van der Waals surface area contributed by atoms with Gasteiger partial charge in [0.05, 0.1) is 11.7 Å². The minimum atomic E-state index is 0.443. The summed E-state index contributed by atoms with van der Waals surface area (Å²) in [6, 6.07) is 9.42. The summed E-state index contributed by atoms with van der Waals surface area (Å²) >= 11 is 1.88. The van der Waals surface area contributed by atoms with Gasteiger partial charge in [-0.3, -0.25) is 0 Å². The Hall–Kier alpha value is -1.19. The van der Waals surface area contributed by atoms with Crippen LogP contribution in [0.25, 0.3) is 10.6 Å². The van der Waals surface area contributed by atoms with E-state index >= 15 is 0 Å². The fourth-order valence-electron chi connectivity index (χ4n) is 3.08. The third kappa shape index (κ3) is 3.19. The zero-order valence-corrected chi connectivity index (χ0v) is 14.0. The van der Waals surface area contributed by atoms with E-state index in [0.29, 0.717) is 12.0 Å². The van der Waals surface area contributed by atoms with Crippen LogP contribution in [0.4, 0.5) is 0 Å². The van der Waals surface area contributed by atoms with E-state index in [4.69, 9.17) is 4.98 Å². The molecule has 0 bridgehead atoms. The van der Waals surface area contributed by atoms with Gasteiger partial charge in [0.2, 0.25) is 0 Å². The van der Waals surface area contributed by atoms with E-state index in [0.717, 1.165) is 6.42 Å². The van der Waals surface area contributed by atoms with Crippen LogP contribution in [0.15, 0.2) is 24.3 Å². The second-order valence-electron chi connectivity index (χ2n) is 6.36. The quantitative estimate of drug-likeness (QED) is 0.892. The molecule has 1 atom stereocenters. The average molecular weight is 300 g/mol. The molecular formula is C18H24N2S. The fraction of sp³-hybridized carbons (Fsp3) is 0.500. The van der Waals surface area contributed by atoms with Crippen LogP contribution in [0.1, 0.15) is 48.9 Å². The van der Waals surface area contributed by atoms with Crippen molar-refractivity contribution in [2.24, 2.45) is 5.92 Å². The van der Waals surface area contributed by atoms with Gasteiger partial charge in [0.25, 0.3) is 0 Å². The highest BCUT2D eigenvalue weighted by atomic mass is 32.1. The highest BCUT2D eigenvalue weighted by Crippen LogP contribution is 2.37. The Kier molecular flexibility index (Phi) is 4.41. The van der Waals surface area contributed by atoms with Crippen LogP contribution >= 0.6 is 11.3 Å². The topological polar surface area (TPSA) is 24.9 Å². The number of hydrogen-bond donors (Lipinski definition) is 1. The number of benzene rings is 1. The van der Waals surface area contributed by atoms with Crippen LogP contribution in [0.3, 0.4) is 0 Å². The molecule has 1 aromatic heterocycles. The molecule has 2 aromatic rings. The van der Waals surface area contributed by atoms with E-state index < -0.39 is 0 Å². The number of hydrogen-bond acceptors (Lipinski definition) is 3. The van der Waals surface area contributed by atoms with E-state index in [1.807, 2.05) is 18.4 Å². The third-order valence-corrected chi connectivity index (χ3v) is 5.33. The lowest BCUT2D eigenvalue weighted by Crippen LogP contribution is -2.21. The molecule has 3 heteroatoms. The van der Waals surface area contributed by atoms with Gasteiger partial charge in [0.15, 0.2) is 0 Å². The standard InChI is InChI=1S/C18H24N2S/c1-12(2)11-13-7-9-14(10-8-13)18-20-17-15(19-3)5-4-6-16(17)21-18/h7-10,12,15,19H,4-6,11H2,1-3H3. The third-order valence-electron chi connectivity index (χ3n) is 4.15. The first-order valence-electron chi connectivity index (χ1n) is 7.93. The maximum atomic E-state index is 4.92. The van der Waals surface area contributed by atoms with Crippen LogP contribution in [0.2, 0.25) is 0 Å². The first-order valence-corrected chi connectivity index (χ1v) is 8.75. The van der Waals surface area contributed by atoms with Gasteiger partial charge in [-0.15, -0.1) is 11.3 Å². The Bertz CT molecular complexity index is 598. The van der Waals surface area contributed by atoms with E-state index in [9.17, 15) is 0 Å². The average Bonchev–Trinajstić information content (AvgIpc) is 2.91. The minimum Gasteiger partial charge on any atom is -0.312 e. The van der Waals surface area contributed by atoms with Crippen LogP contribution in [0, 0.1) is 5.92 Å². The maximum absolute atomic E-state index is 4.92. The van der Waals surface area contributed by atoms with E-state index in [-0.39, 0.29) is 0 Å². The molecule has 1 aliphatic rings. The summed E-state index contributed by atoms with van der Waals surface area (Å²) in [5.41, 5.74) is 3.97. The monoisotopic (exact) mass is 300 g/mol. The summed E-state index contributed by atoms with van der Waals surface area (Å²) in [4.78, 5) is 6.39. The number of aromatic nitrogens is 1. The van der Waals surface area contributed by atoms with Crippen LogP contribution < -0.4 is 5.32 Å². The van der Waals surface area contributed by atoms with Crippen molar-refractivity contribution in [2.45, 2.75) is 45.6 Å². The molecule has 112 valence electrons. The normalized spacial score (nSPS) is 18.0. The van der Waals surface area contributed by atoms with Crippen LogP contribution in [0.5, 0.6) is 0 Å². The van der Waals surface area contributed by atoms with E-state index in [1.54, 1.807) is 0 Å². The summed E-state index contributed by atoms with van der Waals surface area (Å²) in [5, 5.41) is 4.58. The molecule has 3 rings (SSSR count). The largest absolute Gasteiger partial charge is 0.312 e. The van der Waals surface area contributed by atoms with Gasteiger partial charge in [-0.05, 0) is 44.2 Å². The molecule has 0 saturated carbocycles. The summed E-state index contributed by atoms with van der Waals surface area (Å²) in [6.07, 6.45) is 4.82. The summed E-state index contributed by atoms with van der Waals surface area (Å²) in [5.74, 6) is 0.708. The first-order chi connectivity index (χ1) is 10.2. The second-order valence-corrected chi connectivity index (χ2v) is 7.44. The van der Waals surface area contributed by atoms with Gasteiger partial charge in [0, 0.05) is 10.4 Å². The SMILES string of the molecule is CNC1CCCc2sc(-c3ccc(CC(C)C)cc3)nc21. The number of nitrogens with one attached hydrogen (secondary N) is 1. The zero-order valence-electron chi connectivity index (χ0n) is 13.1. The van der Waals surface area contributed by atoms with Gasteiger partial charge >= 0.3 is 0 Å². The fourth-order valence-corrected chi connectivity index (χ4v) is 4.25. The van der Waals surface area contributed by atoms with Crippen molar-refractivity contribution in [3.63, 3.8) is 0 Å². The number of fused-ring (bicyclic) bond motifs is 1. The Morgan fingerprint density at radius 2 is 2.05 bits per heavy atom. The minimum absolute atomic E-state index is 0.443. The molecule has 0 spiro atoms. The van der Waals surface area contributed by atoms with Gasteiger partial charge in [0.1, 0.15) is 5.01 Å². The molecule has 1 unspecified atom stereocenters. The Morgan fingerprint density at radius 3 is 2.71 bits per heavy atom. The van der Waals surface area contributed by atoms with E-state index in [1.165, 1.54) is 46.0 Å². The zero-order chi connectivity index (χ0) is 14.8. The summed E-state index contributed by atoms with van der Waals surface area (Å²) in [6.45, 7) is 4.53. The lowest BCUT2D eigenvalue weighted by atomic mass is 9.98. The smallest absolute Gasteiger partial charge is 0.123 e. The molecule has 1 aliphatic carbocycles. The lowest BCUT2D eigenvalue weighted by molar-refractivity contribution is 0.490. The first kappa shape index (κ1) is 14.7. The van der Waals surface area contributed by atoms with Gasteiger partial charge < -0.3 is 5.32 Å². The molecule has 1 aromatic carbocycles. The van der Waals surface area contributed by atoms with Gasteiger partial charge in [-0.2, -0.15) is 0 Å². The van der Waals surface area contributed by atoms with Crippen molar-refractivity contribution in [3.05, 3.63) is 40.4 Å². The maximum Gasteiger partial charge on any atom is 0.123 e. The number of rotatable bonds is 4. The van der Waals surface area contributed by atoms with Gasteiger partial charge in [-0.1, -0.05) is 38.1 Å².